The second-order valence-corrected chi connectivity index (χ2v) is 6.00. The lowest BCUT2D eigenvalue weighted by atomic mass is 10.2. The van der Waals surface area contributed by atoms with Gasteiger partial charge < -0.3 is 4.74 Å². The van der Waals surface area contributed by atoms with Crippen LogP contribution in [0.15, 0.2) is 30.3 Å². The van der Waals surface area contributed by atoms with E-state index in [0.717, 1.165) is 18.4 Å². The summed E-state index contributed by atoms with van der Waals surface area (Å²) in [5.41, 5.74) is 0.914. The van der Waals surface area contributed by atoms with Crippen molar-refractivity contribution in [3.8, 4) is 0 Å². The zero-order valence-electron chi connectivity index (χ0n) is 10.0. The normalized spacial score (nSPS) is 20.1. The van der Waals surface area contributed by atoms with Crippen molar-refractivity contribution in [2.75, 3.05) is 12.4 Å². The maximum atomic E-state index is 11.7. The third kappa shape index (κ3) is 4.38. The van der Waals surface area contributed by atoms with Crippen molar-refractivity contribution in [1.82, 2.24) is 4.89 Å². The molecule has 0 aliphatic carbocycles. The monoisotopic (exact) mass is 271 g/mol. The molecule has 18 heavy (non-hydrogen) atoms. The maximum Gasteiger partial charge on any atom is 0.236 e. The molecule has 0 aromatic heterocycles. The second kappa shape index (κ2) is 6.29. The molecule has 1 heterocycles. The predicted octanol–water partition coefficient (Wildman–Crippen LogP) is 1.22. The number of nitrogens with one attached hydrogen (secondary N) is 1. The van der Waals surface area contributed by atoms with E-state index in [1.54, 1.807) is 0 Å². The highest BCUT2D eigenvalue weighted by molar-refractivity contribution is 7.89. The Labute approximate surface area is 107 Å². The Kier molecular flexibility index (Phi) is 4.71. The van der Waals surface area contributed by atoms with E-state index in [1.165, 1.54) is 0 Å². The van der Waals surface area contributed by atoms with E-state index < -0.39 is 10.0 Å². The van der Waals surface area contributed by atoms with Gasteiger partial charge in [-0.25, -0.2) is 8.42 Å². The highest BCUT2D eigenvalue weighted by Crippen LogP contribution is 2.13. The quantitative estimate of drug-likeness (QED) is 0.790. The van der Waals surface area contributed by atoms with Crippen LogP contribution in [0.5, 0.6) is 0 Å². The standard InChI is InChI=1S/C12H17NO4S/c14-18(15,10-12-7-4-8-16-12)13-17-9-11-5-2-1-3-6-11/h1-3,5-6,12-13H,4,7-10H2. The molecule has 1 saturated heterocycles. The van der Waals surface area contributed by atoms with E-state index in [-0.39, 0.29) is 18.5 Å². The molecule has 1 aliphatic rings. The molecule has 1 atom stereocenters. The van der Waals surface area contributed by atoms with Crippen LogP contribution in [0, 0.1) is 0 Å². The van der Waals surface area contributed by atoms with Crippen molar-refractivity contribution in [2.45, 2.75) is 25.6 Å². The number of benzene rings is 1. The van der Waals surface area contributed by atoms with Crippen molar-refractivity contribution >= 4 is 10.0 Å². The summed E-state index contributed by atoms with van der Waals surface area (Å²) in [5, 5.41) is 0. The van der Waals surface area contributed by atoms with Crippen LogP contribution < -0.4 is 4.89 Å². The fourth-order valence-electron chi connectivity index (χ4n) is 1.83. The van der Waals surface area contributed by atoms with Crippen molar-refractivity contribution in [3.05, 3.63) is 35.9 Å². The van der Waals surface area contributed by atoms with Gasteiger partial charge in [0.1, 0.15) is 0 Å². The number of hydrogen-bond acceptors (Lipinski definition) is 4. The number of hydrogen-bond donors (Lipinski definition) is 1. The zero-order chi connectivity index (χ0) is 12.8. The second-order valence-electron chi connectivity index (χ2n) is 4.27. The molecular formula is C12H17NO4S. The van der Waals surface area contributed by atoms with Crippen LogP contribution in [0.25, 0.3) is 0 Å². The Morgan fingerprint density at radius 2 is 2.11 bits per heavy atom. The molecule has 0 amide bonds. The summed E-state index contributed by atoms with van der Waals surface area (Å²) in [7, 11) is -3.43. The molecule has 1 N–H and O–H groups in total. The summed E-state index contributed by atoms with van der Waals surface area (Å²) in [6, 6.07) is 9.38. The van der Waals surface area contributed by atoms with Gasteiger partial charge >= 0.3 is 0 Å². The average molecular weight is 271 g/mol. The van der Waals surface area contributed by atoms with E-state index in [1.807, 2.05) is 30.3 Å². The predicted molar refractivity (Wildman–Crippen MR) is 67.1 cm³/mol. The van der Waals surface area contributed by atoms with Gasteiger partial charge in [0, 0.05) is 6.61 Å². The molecule has 6 heteroatoms. The van der Waals surface area contributed by atoms with Crippen LogP contribution in [-0.2, 0) is 26.2 Å². The van der Waals surface area contributed by atoms with E-state index in [4.69, 9.17) is 9.57 Å². The maximum absolute atomic E-state index is 11.7. The zero-order valence-corrected chi connectivity index (χ0v) is 10.9. The van der Waals surface area contributed by atoms with Crippen LogP contribution >= 0.6 is 0 Å². The first kappa shape index (κ1) is 13.5. The van der Waals surface area contributed by atoms with Gasteiger partial charge in [0.05, 0.1) is 18.5 Å². The fourth-order valence-corrected chi connectivity index (χ4v) is 2.89. The highest BCUT2D eigenvalue weighted by atomic mass is 32.2. The Balaban J connectivity index is 1.75. The largest absolute Gasteiger partial charge is 0.377 e. The lowest BCUT2D eigenvalue weighted by Crippen LogP contribution is -2.31. The molecule has 2 rings (SSSR count). The third-order valence-electron chi connectivity index (χ3n) is 2.70. The minimum Gasteiger partial charge on any atom is -0.377 e. The molecule has 1 fully saturated rings. The Morgan fingerprint density at radius 1 is 1.33 bits per heavy atom. The summed E-state index contributed by atoms with van der Waals surface area (Å²) in [6.07, 6.45) is 1.51. The SMILES string of the molecule is O=S(=O)(CC1CCCO1)NOCc1ccccc1. The van der Waals surface area contributed by atoms with Crippen molar-refractivity contribution < 1.29 is 18.0 Å². The van der Waals surface area contributed by atoms with Gasteiger partial charge in [-0.05, 0) is 18.4 Å². The average Bonchev–Trinajstić information content (AvgIpc) is 2.82. The molecule has 1 aromatic carbocycles. The van der Waals surface area contributed by atoms with E-state index in [2.05, 4.69) is 4.89 Å². The van der Waals surface area contributed by atoms with Crippen LogP contribution in [0.4, 0.5) is 0 Å². The smallest absolute Gasteiger partial charge is 0.236 e. The highest BCUT2D eigenvalue weighted by Gasteiger charge is 2.23. The van der Waals surface area contributed by atoms with Crippen molar-refractivity contribution in [1.29, 1.82) is 0 Å². The van der Waals surface area contributed by atoms with E-state index >= 15 is 0 Å². The first-order valence-electron chi connectivity index (χ1n) is 5.92. The summed E-state index contributed by atoms with van der Waals surface area (Å²) in [6.45, 7) is 0.858. The molecule has 0 radical (unpaired) electrons. The lowest BCUT2D eigenvalue weighted by molar-refractivity contribution is 0.0768. The first-order chi connectivity index (χ1) is 8.66. The minimum absolute atomic E-state index is 0.0399. The van der Waals surface area contributed by atoms with Gasteiger partial charge in [0.15, 0.2) is 0 Å². The molecule has 0 bridgehead atoms. The Hall–Kier alpha value is -0.950. The molecule has 0 saturated carbocycles. The molecule has 5 nitrogen and oxygen atoms in total. The van der Waals surface area contributed by atoms with Gasteiger partial charge in [0.25, 0.3) is 0 Å². The van der Waals surface area contributed by atoms with E-state index in [0.29, 0.717) is 6.61 Å². The lowest BCUT2D eigenvalue weighted by Gasteiger charge is -2.11. The van der Waals surface area contributed by atoms with Crippen LogP contribution in [0.2, 0.25) is 0 Å². The number of ether oxygens (including phenoxy) is 1. The van der Waals surface area contributed by atoms with Crippen LogP contribution in [0.1, 0.15) is 18.4 Å². The molecule has 1 unspecified atom stereocenters. The van der Waals surface area contributed by atoms with Gasteiger partial charge in [-0.1, -0.05) is 35.2 Å². The summed E-state index contributed by atoms with van der Waals surface area (Å²) >= 11 is 0. The first-order valence-corrected chi connectivity index (χ1v) is 7.58. The molecule has 1 aliphatic heterocycles. The Morgan fingerprint density at radius 3 is 2.78 bits per heavy atom. The van der Waals surface area contributed by atoms with Crippen LogP contribution in [-0.4, -0.2) is 26.9 Å². The fraction of sp³-hybridized carbons (Fsp3) is 0.500. The van der Waals surface area contributed by atoms with Gasteiger partial charge in [-0.3, -0.25) is 4.84 Å². The molecular weight excluding hydrogens is 254 g/mol. The Bertz CT molecular complexity index is 454. The topological polar surface area (TPSA) is 64.6 Å². The van der Waals surface area contributed by atoms with Crippen molar-refractivity contribution in [2.24, 2.45) is 0 Å². The molecule has 100 valence electrons. The van der Waals surface area contributed by atoms with Crippen molar-refractivity contribution in [3.63, 3.8) is 0 Å². The van der Waals surface area contributed by atoms with Gasteiger partial charge in [-0.2, -0.15) is 0 Å². The van der Waals surface area contributed by atoms with Gasteiger partial charge in [-0.15, -0.1) is 0 Å². The van der Waals surface area contributed by atoms with Gasteiger partial charge in [0.2, 0.25) is 10.0 Å². The third-order valence-corrected chi connectivity index (χ3v) is 3.88. The van der Waals surface area contributed by atoms with E-state index in [9.17, 15) is 8.42 Å². The summed E-state index contributed by atoms with van der Waals surface area (Å²) in [4.78, 5) is 7.13. The number of sulfonamides is 1. The summed E-state index contributed by atoms with van der Waals surface area (Å²) < 4.78 is 28.6. The minimum atomic E-state index is -3.43. The molecule has 1 aromatic rings. The molecule has 0 spiro atoms. The number of rotatable bonds is 6. The van der Waals surface area contributed by atoms with Crippen LogP contribution in [0.3, 0.4) is 0 Å². The summed E-state index contributed by atoms with van der Waals surface area (Å²) in [5.74, 6) is -0.0399.